The molecule has 1 spiro atoms. The van der Waals surface area contributed by atoms with Crippen molar-refractivity contribution >= 4 is 17.6 Å². The van der Waals surface area contributed by atoms with Crippen LogP contribution < -0.4 is 4.90 Å². The van der Waals surface area contributed by atoms with Gasteiger partial charge < -0.3 is 19.6 Å². The van der Waals surface area contributed by atoms with Crippen molar-refractivity contribution in [2.24, 2.45) is 5.41 Å². The number of carbonyl (C=O) groups excluding carboxylic acids is 2. The molecule has 1 unspecified atom stereocenters. The first-order chi connectivity index (χ1) is 15.4. The molecule has 1 aromatic heterocycles. The number of esters is 1. The van der Waals surface area contributed by atoms with E-state index in [1.54, 1.807) is 11.0 Å². The number of anilines is 1. The van der Waals surface area contributed by atoms with Crippen LogP contribution in [-0.2, 0) is 16.1 Å². The van der Waals surface area contributed by atoms with Crippen molar-refractivity contribution < 1.29 is 23.8 Å². The van der Waals surface area contributed by atoms with Crippen LogP contribution in [0, 0.1) is 18.2 Å². The molecule has 5 rings (SSSR count). The Bertz CT molecular complexity index is 1080. The Hall–Kier alpha value is -2.84. The van der Waals surface area contributed by atoms with Crippen molar-refractivity contribution in [3.63, 3.8) is 0 Å². The number of piperidine rings is 1. The Kier molecular flexibility index (Phi) is 5.22. The molecule has 4 heterocycles. The number of aromatic nitrogens is 1. The first-order valence-electron chi connectivity index (χ1n) is 11.0. The minimum atomic E-state index is -0.681. The SMILES string of the molecule is Cc1c(C(O)CN2CCC3(CC2)CCN(c2cncc(F)c2)C3=O)ccc2c1COC2=O. The fraction of sp³-hybridized carbons (Fsp3) is 0.458. The number of cyclic esters (lactones) is 1. The number of aliphatic hydroxyl groups is 1. The number of hydrogen-bond donors (Lipinski definition) is 1. The molecule has 1 amide bonds. The standard InChI is InChI=1S/C24H26FN3O4/c1-15-18(2-3-19-20(15)14-32-22(19)30)21(29)13-27-7-4-24(5-8-27)6-9-28(23(24)31)17-10-16(25)11-26-12-17/h2-3,10-12,21,29H,4-9,13-14H2,1H3. The molecule has 7 nitrogen and oxygen atoms in total. The van der Waals surface area contributed by atoms with E-state index in [9.17, 15) is 19.1 Å². The molecule has 168 valence electrons. The summed E-state index contributed by atoms with van der Waals surface area (Å²) in [7, 11) is 0. The van der Waals surface area contributed by atoms with Gasteiger partial charge in [-0.3, -0.25) is 9.78 Å². The highest BCUT2D eigenvalue weighted by atomic mass is 19.1. The molecule has 0 bridgehead atoms. The van der Waals surface area contributed by atoms with Crippen LogP contribution in [0.25, 0.3) is 0 Å². The molecule has 32 heavy (non-hydrogen) atoms. The molecule has 3 aliphatic heterocycles. The minimum Gasteiger partial charge on any atom is -0.457 e. The van der Waals surface area contributed by atoms with Crippen LogP contribution in [-0.4, -0.2) is 53.0 Å². The second-order valence-electron chi connectivity index (χ2n) is 9.05. The van der Waals surface area contributed by atoms with Gasteiger partial charge in [0.05, 0.1) is 35.2 Å². The minimum absolute atomic E-state index is 0.0456. The summed E-state index contributed by atoms with van der Waals surface area (Å²) in [6.45, 7) is 4.63. The Balaban J connectivity index is 1.23. The fourth-order valence-corrected chi connectivity index (χ4v) is 5.31. The van der Waals surface area contributed by atoms with Crippen molar-refractivity contribution in [2.45, 2.75) is 38.9 Å². The molecule has 2 aromatic rings. The lowest BCUT2D eigenvalue weighted by atomic mass is 9.77. The van der Waals surface area contributed by atoms with Crippen LogP contribution in [0.1, 0.15) is 52.4 Å². The van der Waals surface area contributed by atoms with Gasteiger partial charge in [-0.1, -0.05) is 6.07 Å². The Labute approximate surface area is 185 Å². The van der Waals surface area contributed by atoms with Crippen molar-refractivity contribution in [3.8, 4) is 0 Å². The van der Waals surface area contributed by atoms with Gasteiger partial charge in [0, 0.05) is 24.7 Å². The molecular weight excluding hydrogens is 413 g/mol. The number of amides is 1. The molecule has 2 fully saturated rings. The molecule has 1 N–H and O–H groups in total. The van der Waals surface area contributed by atoms with E-state index in [0.717, 1.165) is 29.3 Å². The van der Waals surface area contributed by atoms with Gasteiger partial charge in [0.2, 0.25) is 5.91 Å². The molecule has 0 radical (unpaired) electrons. The highest BCUT2D eigenvalue weighted by Crippen LogP contribution is 2.43. The van der Waals surface area contributed by atoms with E-state index in [0.29, 0.717) is 50.3 Å². The zero-order valence-corrected chi connectivity index (χ0v) is 18.0. The van der Waals surface area contributed by atoms with Crippen molar-refractivity contribution in [3.05, 3.63) is 58.7 Å². The number of nitrogens with zero attached hydrogens (tertiary/aromatic N) is 3. The molecule has 0 saturated carbocycles. The van der Waals surface area contributed by atoms with E-state index in [-0.39, 0.29) is 18.5 Å². The third kappa shape index (κ3) is 3.47. The maximum Gasteiger partial charge on any atom is 0.338 e. The van der Waals surface area contributed by atoms with Crippen molar-refractivity contribution in [1.82, 2.24) is 9.88 Å². The predicted molar refractivity (Wildman–Crippen MR) is 115 cm³/mol. The summed E-state index contributed by atoms with van der Waals surface area (Å²) in [5.41, 5.74) is 3.24. The molecular formula is C24H26FN3O4. The maximum absolute atomic E-state index is 13.6. The number of likely N-dealkylation sites (tertiary alicyclic amines) is 1. The second-order valence-corrected chi connectivity index (χ2v) is 9.05. The smallest absolute Gasteiger partial charge is 0.338 e. The quantitative estimate of drug-likeness (QED) is 0.738. The van der Waals surface area contributed by atoms with Crippen LogP contribution in [0.5, 0.6) is 0 Å². The number of hydrogen-bond acceptors (Lipinski definition) is 6. The molecule has 1 atom stereocenters. The van der Waals surface area contributed by atoms with E-state index < -0.39 is 17.3 Å². The molecule has 8 heteroatoms. The number of ether oxygens (including phenoxy) is 1. The second kappa shape index (κ2) is 7.94. The topological polar surface area (TPSA) is 83.0 Å². The Morgan fingerprint density at radius 1 is 1.19 bits per heavy atom. The lowest BCUT2D eigenvalue weighted by molar-refractivity contribution is -0.128. The normalized spacial score (nSPS) is 21.2. The van der Waals surface area contributed by atoms with Gasteiger partial charge in [-0.05, 0) is 56.5 Å². The van der Waals surface area contributed by atoms with E-state index >= 15 is 0 Å². The van der Waals surface area contributed by atoms with Crippen LogP contribution in [0.3, 0.4) is 0 Å². The highest BCUT2D eigenvalue weighted by Gasteiger charge is 2.48. The monoisotopic (exact) mass is 439 g/mol. The number of rotatable bonds is 4. The van der Waals surface area contributed by atoms with Crippen LogP contribution in [0.2, 0.25) is 0 Å². The number of pyridine rings is 1. The zero-order chi connectivity index (χ0) is 22.5. The highest BCUT2D eigenvalue weighted by molar-refractivity contribution is 5.99. The third-order valence-corrected chi connectivity index (χ3v) is 7.33. The van der Waals surface area contributed by atoms with E-state index in [4.69, 9.17) is 4.74 Å². The fourth-order valence-electron chi connectivity index (χ4n) is 5.31. The molecule has 1 aromatic carbocycles. The van der Waals surface area contributed by atoms with Crippen LogP contribution >= 0.6 is 0 Å². The van der Waals surface area contributed by atoms with Crippen molar-refractivity contribution in [1.29, 1.82) is 0 Å². The summed E-state index contributed by atoms with van der Waals surface area (Å²) in [4.78, 5) is 32.6. The van der Waals surface area contributed by atoms with Gasteiger partial charge in [-0.15, -0.1) is 0 Å². The maximum atomic E-state index is 13.6. The van der Waals surface area contributed by atoms with Gasteiger partial charge in [0.15, 0.2) is 0 Å². The summed E-state index contributed by atoms with van der Waals surface area (Å²) in [5, 5.41) is 10.9. The largest absolute Gasteiger partial charge is 0.457 e. The van der Waals surface area contributed by atoms with Gasteiger partial charge in [0.1, 0.15) is 12.4 Å². The van der Waals surface area contributed by atoms with E-state index in [2.05, 4.69) is 9.88 Å². The van der Waals surface area contributed by atoms with E-state index in [1.807, 2.05) is 13.0 Å². The average Bonchev–Trinajstić information content (AvgIpc) is 3.31. The van der Waals surface area contributed by atoms with Crippen LogP contribution in [0.4, 0.5) is 10.1 Å². The number of halogens is 1. The lowest BCUT2D eigenvalue weighted by Gasteiger charge is -2.38. The van der Waals surface area contributed by atoms with Crippen LogP contribution in [0.15, 0.2) is 30.6 Å². The number of aliphatic hydroxyl groups excluding tert-OH is 1. The third-order valence-electron chi connectivity index (χ3n) is 7.33. The average molecular weight is 439 g/mol. The molecule has 3 aliphatic rings. The van der Waals surface area contributed by atoms with Gasteiger partial charge in [-0.2, -0.15) is 0 Å². The number of fused-ring (bicyclic) bond motifs is 1. The first-order valence-corrected chi connectivity index (χ1v) is 11.0. The van der Waals surface area contributed by atoms with Crippen molar-refractivity contribution in [2.75, 3.05) is 31.1 Å². The zero-order valence-electron chi connectivity index (χ0n) is 18.0. The number of β-amino-alcohol motifs (C(OH)–C–C–N with tert-alkyl or cyclic N) is 1. The Morgan fingerprint density at radius 3 is 2.69 bits per heavy atom. The van der Waals surface area contributed by atoms with Gasteiger partial charge >= 0.3 is 5.97 Å². The summed E-state index contributed by atoms with van der Waals surface area (Å²) in [6, 6.07) is 4.89. The first kappa shape index (κ1) is 21.0. The molecule has 0 aliphatic carbocycles. The lowest BCUT2D eigenvalue weighted by Crippen LogP contribution is -2.45. The van der Waals surface area contributed by atoms with Gasteiger partial charge in [-0.25, -0.2) is 9.18 Å². The Morgan fingerprint density at radius 2 is 1.94 bits per heavy atom. The summed E-state index contributed by atoms with van der Waals surface area (Å²) >= 11 is 0. The predicted octanol–water partition coefficient (Wildman–Crippen LogP) is 2.75. The number of carbonyl (C=O) groups is 2. The van der Waals surface area contributed by atoms with E-state index in [1.165, 1.54) is 12.3 Å². The summed E-state index contributed by atoms with van der Waals surface area (Å²) in [6.07, 6.45) is 4.16. The van der Waals surface area contributed by atoms with Gasteiger partial charge in [0.25, 0.3) is 0 Å². The number of benzene rings is 1. The summed E-state index contributed by atoms with van der Waals surface area (Å²) in [5.74, 6) is -0.711. The summed E-state index contributed by atoms with van der Waals surface area (Å²) < 4.78 is 18.7. The molecule has 2 saturated heterocycles.